The Hall–Kier alpha value is 0.430. The molecule has 0 aromatic heterocycles. The van der Waals surface area contributed by atoms with Gasteiger partial charge < -0.3 is 30.3 Å². The molecular formula is C6H10Br2O6. The maximum absolute atomic E-state index is 10.0. The first-order valence-corrected chi connectivity index (χ1v) is 5.08. The molecule has 0 aromatic carbocycles. The van der Waals surface area contributed by atoms with Crippen LogP contribution in [0.1, 0.15) is 0 Å². The summed E-state index contributed by atoms with van der Waals surface area (Å²) in [4.78, 5) is 10.0. The Balaban J connectivity index is 4.46. The average molecular weight is 338 g/mol. The van der Waals surface area contributed by atoms with Crippen molar-refractivity contribution in [2.75, 3.05) is 0 Å². The summed E-state index contributed by atoms with van der Waals surface area (Å²) in [5, 5.41) is 45.4. The number of carbonyl (C=O) groups is 1. The quantitative estimate of drug-likeness (QED) is 0.294. The molecule has 84 valence electrons. The smallest absolute Gasteiger partial charge is 0.203 e. The van der Waals surface area contributed by atoms with Crippen LogP contribution in [0.3, 0.4) is 0 Å². The summed E-state index contributed by atoms with van der Waals surface area (Å²) in [5.74, 6) is 0. The van der Waals surface area contributed by atoms with Crippen molar-refractivity contribution in [2.45, 2.75) is 27.8 Å². The van der Waals surface area contributed by atoms with Crippen molar-refractivity contribution in [3.8, 4) is 0 Å². The van der Waals surface area contributed by atoms with Gasteiger partial charge in [-0.15, -0.1) is 0 Å². The molecule has 5 N–H and O–H groups in total. The lowest BCUT2D eigenvalue weighted by Crippen LogP contribution is -2.50. The van der Waals surface area contributed by atoms with Gasteiger partial charge in [-0.3, -0.25) is 0 Å². The zero-order valence-corrected chi connectivity index (χ0v) is 9.96. The summed E-state index contributed by atoms with van der Waals surface area (Å²) in [5.41, 5.74) is 0. The van der Waals surface area contributed by atoms with Gasteiger partial charge in [0.25, 0.3) is 0 Å². The first-order valence-electron chi connectivity index (χ1n) is 3.49. The maximum atomic E-state index is 10.0. The second kappa shape index (κ2) is 5.50. The summed E-state index contributed by atoms with van der Waals surface area (Å²) in [6.07, 6.45) is -7.43. The standard InChI is InChI=1S/C6H10Br2O6/c7-6(8,14)5(13)4(12)3(11)2(10)1-9/h1-5,10-14H/t2-,3+,4-,5-/m0/s1. The van der Waals surface area contributed by atoms with E-state index in [-0.39, 0.29) is 6.29 Å². The minimum atomic E-state index is -2.01. The van der Waals surface area contributed by atoms with Crippen LogP contribution in [-0.4, -0.2) is 59.7 Å². The third-order valence-corrected chi connectivity index (χ3v) is 2.46. The van der Waals surface area contributed by atoms with E-state index in [1.807, 2.05) is 0 Å². The maximum Gasteiger partial charge on any atom is 0.203 e. The van der Waals surface area contributed by atoms with E-state index in [0.29, 0.717) is 0 Å². The summed E-state index contributed by atoms with van der Waals surface area (Å²) in [7, 11) is 0. The van der Waals surface area contributed by atoms with Gasteiger partial charge in [0, 0.05) is 0 Å². The van der Waals surface area contributed by atoms with Crippen LogP contribution in [0.5, 0.6) is 0 Å². The summed E-state index contributed by atoms with van der Waals surface area (Å²) in [6, 6.07) is 0. The molecule has 0 radical (unpaired) electrons. The highest BCUT2D eigenvalue weighted by Crippen LogP contribution is 2.29. The number of alkyl halides is 2. The fraction of sp³-hybridized carbons (Fsp3) is 0.833. The summed E-state index contributed by atoms with van der Waals surface area (Å²) >= 11 is 5.13. The molecule has 0 aliphatic carbocycles. The number of rotatable bonds is 5. The molecule has 0 aliphatic heterocycles. The zero-order valence-electron chi connectivity index (χ0n) is 6.79. The molecule has 0 aliphatic rings. The van der Waals surface area contributed by atoms with Crippen molar-refractivity contribution < 1.29 is 30.3 Å². The molecule has 0 fully saturated rings. The molecule has 0 bridgehead atoms. The first kappa shape index (κ1) is 14.4. The van der Waals surface area contributed by atoms with Crippen LogP contribution in [0.2, 0.25) is 0 Å². The van der Waals surface area contributed by atoms with Gasteiger partial charge >= 0.3 is 0 Å². The molecule has 14 heavy (non-hydrogen) atoms. The van der Waals surface area contributed by atoms with Crippen molar-refractivity contribution in [2.24, 2.45) is 0 Å². The number of aliphatic hydroxyl groups excluding tert-OH is 4. The van der Waals surface area contributed by atoms with E-state index in [9.17, 15) is 15.0 Å². The fourth-order valence-corrected chi connectivity index (χ4v) is 1.22. The highest BCUT2D eigenvalue weighted by molar-refractivity contribution is 9.25. The Morgan fingerprint density at radius 1 is 1.07 bits per heavy atom. The number of aldehydes is 1. The minimum absolute atomic E-state index is 0.00211. The van der Waals surface area contributed by atoms with Crippen molar-refractivity contribution in [3.63, 3.8) is 0 Å². The molecule has 0 saturated carbocycles. The highest BCUT2D eigenvalue weighted by atomic mass is 79.9. The van der Waals surface area contributed by atoms with Gasteiger partial charge in [0.2, 0.25) is 3.42 Å². The van der Waals surface area contributed by atoms with Gasteiger partial charge in [0.15, 0.2) is 6.29 Å². The molecule has 0 aromatic rings. The predicted octanol–water partition coefficient (Wildman–Crippen LogP) is -1.94. The second-order valence-corrected chi connectivity index (χ2v) is 6.12. The summed E-state index contributed by atoms with van der Waals surface area (Å²) < 4.78 is -2.01. The third kappa shape index (κ3) is 3.89. The largest absolute Gasteiger partial charge is 0.387 e. The first-order chi connectivity index (χ1) is 6.21. The van der Waals surface area contributed by atoms with E-state index < -0.39 is 27.8 Å². The van der Waals surface area contributed by atoms with Crippen LogP contribution in [0.25, 0.3) is 0 Å². The normalized spacial score (nSPS) is 21.1. The van der Waals surface area contributed by atoms with E-state index in [0.717, 1.165) is 0 Å². The van der Waals surface area contributed by atoms with Crippen LogP contribution in [0.4, 0.5) is 0 Å². The van der Waals surface area contributed by atoms with Crippen LogP contribution in [0, 0.1) is 0 Å². The van der Waals surface area contributed by atoms with Gasteiger partial charge in [-0.05, 0) is 31.9 Å². The predicted molar refractivity (Wildman–Crippen MR) is 52.9 cm³/mol. The Bertz CT molecular complexity index is 193. The molecule has 8 heteroatoms. The van der Waals surface area contributed by atoms with Gasteiger partial charge in [0.1, 0.15) is 24.4 Å². The Morgan fingerprint density at radius 2 is 1.50 bits per heavy atom. The van der Waals surface area contributed by atoms with Crippen molar-refractivity contribution in [1.29, 1.82) is 0 Å². The zero-order chi connectivity index (χ0) is 11.5. The minimum Gasteiger partial charge on any atom is -0.387 e. The fourth-order valence-electron chi connectivity index (χ4n) is 0.675. The number of halogens is 2. The topological polar surface area (TPSA) is 118 Å². The number of hydrogen-bond donors (Lipinski definition) is 5. The highest BCUT2D eigenvalue weighted by Gasteiger charge is 2.40. The van der Waals surface area contributed by atoms with Crippen LogP contribution >= 0.6 is 31.9 Å². The molecule has 0 amide bonds. The van der Waals surface area contributed by atoms with E-state index >= 15 is 0 Å². The molecule has 6 nitrogen and oxygen atoms in total. The van der Waals surface area contributed by atoms with Gasteiger partial charge in [-0.2, -0.15) is 0 Å². The van der Waals surface area contributed by atoms with Crippen LogP contribution in [0.15, 0.2) is 0 Å². The van der Waals surface area contributed by atoms with E-state index in [1.165, 1.54) is 0 Å². The second-order valence-electron chi connectivity index (χ2n) is 2.64. The van der Waals surface area contributed by atoms with Crippen molar-refractivity contribution in [3.05, 3.63) is 0 Å². The van der Waals surface area contributed by atoms with Gasteiger partial charge in [0.05, 0.1) is 0 Å². The van der Waals surface area contributed by atoms with Crippen molar-refractivity contribution in [1.82, 2.24) is 0 Å². The Kier molecular flexibility index (Phi) is 5.67. The van der Waals surface area contributed by atoms with E-state index in [1.54, 1.807) is 0 Å². The monoisotopic (exact) mass is 336 g/mol. The van der Waals surface area contributed by atoms with E-state index in [2.05, 4.69) is 31.9 Å². The molecule has 0 heterocycles. The van der Waals surface area contributed by atoms with Crippen LogP contribution in [-0.2, 0) is 4.79 Å². The molecule has 0 spiro atoms. The number of hydrogen-bond acceptors (Lipinski definition) is 6. The Labute approximate surface area is 96.4 Å². The lowest BCUT2D eigenvalue weighted by molar-refractivity contribution is -0.139. The van der Waals surface area contributed by atoms with Crippen LogP contribution < -0.4 is 0 Å². The summed E-state index contributed by atoms with van der Waals surface area (Å²) in [6.45, 7) is 0. The lowest BCUT2D eigenvalue weighted by atomic mass is 10.0. The molecule has 0 saturated heterocycles. The van der Waals surface area contributed by atoms with E-state index in [4.69, 9.17) is 15.3 Å². The Morgan fingerprint density at radius 3 is 1.79 bits per heavy atom. The lowest BCUT2D eigenvalue weighted by Gasteiger charge is -2.29. The molecule has 4 atom stereocenters. The third-order valence-electron chi connectivity index (χ3n) is 1.52. The SMILES string of the molecule is O=C[C@H](O)[C@@H](O)[C@H](O)[C@H](O)C(O)(Br)Br. The molecule has 0 unspecified atom stereocenters. The van der Waals surface area contributed by atoms with Gasteiger partial charge in [-0.25, -0.2) is 0 Å². The average Bonchev–Trinajstić information content (AvgIpc) is 2.11. The molecule has 0 rings (SSSR count). The number of aliphatic hydroxyl groups is 5. The number of carbonyl (C=O) groups excluding carboxylic acids is 1. The molecular weight excluding hydrogens is 328 g/mol. The van der Waals surface area contributed by atoms with Crippen molar-refractivity contribution >= 4 is 38.1 Å². The van der Waals surface area contributed by atoms with Gasteiger partial charge in [-0.1, -0.05) is 0 Å².